The minimum Gasteiger partial charge on any atom is -0.267 e. The van der Waals surface area contributed by atoms with Gasteiger partial charge in [0.2, 0.25) is 0 Å². The van der Waals surface area contributed by atoms with Gasteiger partial charge >= 0.3 is 0 Å². The van der Waals surface area contributed by atoms with E-state index in [1.54, 1.807) is 0 Å². The lowest BCUT2D eigenvalue weighted by molar-refractivity contribution is -0.384. The molecule has 0 atom stereocenters. The average Bonchev–Trinajstić information content (AvgIpc) is 2.04. The molecule has 0 aliphatic rings. The average molecular weight is 165 g/mol. The van der Waals surface area contributed by atoms with Crippen molar-refractivity contribution in [1.29, 1.82) is 0 Å². The summed E-state index contributed by atoms with van der Waals surface area (Å²) in [5.41, 5.74) is 6.55. The number of carbonyl (C=O) groups excluding carboxylic acids is 1. The first kappa shape index (κ1) is 8.19. The number of carbonyl (C=O) groups is 1. The van der Waals surface area contributed by atoms with E-state index in [4.69, 9.17) is 5.73 Å². The number of amides is 1. The smallest absolute Gasteiger partial charge is 0.267 e. The lowest BCUT2D eigenvalue weighted by atomic mass is 10.2. The molecule has 0 bridgehead atoms. The van der Waals surface area contributed by atoms with Crippen LogP contribution in [0.15, 0.2) is 24.3 Å². The van der Waals surface area contributed by atoms with Crippen molar-refractivity contribution >= 4 is 11.6 Å². The number of nitro benzene ring substituents is 1. The molecule has 0 spiro atoms. The molecule has 1 N–H and O–H groups in total. The Morgan fingerprint density at radius 2 is 2.17 bits per heavy atom. The Morgan fingerprint density at radius 3 is 2.67 bits per heavy atom. The Morgan fingerprint density at radius 1 is 1.50 bits per heavy atom. The van der Waals surface area contributed by atoms with Crippen LogP contribution in [0.3, 0.4) is 0 Å². The number of benzene rings is 1. The van der Waals surface area contributed by atoms with Crippen LogP contribution in [-0.4, -0.2) is 10.8 Å². The number of hydrogen-bond donors (Lipinski definition) is 0. The summed E-state index contributed by atoms with van der Waals surface area (Å²) in [7, 11) is 0. The maximum absolute atomic E-state index is 10.5. The standard InChI is InChI=1S/C7H5N2O3/c8-7(10)5-2-1-3-6(4-5)9(11)12/h1-4,8H. The quantitative estimate of drug-likeness (QED) is 0.484. The zero-order valence-electron chi connectivity index (χ0n) is 5.98. The van der Waals surface area contributed by atoms with Gasteiger partial charge in [-0.05, 0) is 6.07 Å². The fourth-order valence-corrected chi connectivity index (χ4v) is 0.761. The Balaban J connectivity index is 3.12. The molecule has 0 aliphatic heterocycles. The van der Waals surface area contributed by atoms with Crippen molar-refractivity contribution in [2.45, 2.75) is 0 Å². The van der Waals surface area contributed by atoms with Crippen LogP contribution in [0.1, 0.15) is 10.4 Å². The van der Waals surface area contributed by atoms with Crippen LogP contribution >= 0.6 is 0 Å². The van der Waals surface area contributed by atoms with Gasteiger partial charge < -0.3 is 0 Å². The summed E-state index contributed by atoms with van der Waals surface area (Å²) in [6, 6.07) is 5.09. The van der Waals surface area contributed by atoms with Crippen LogP contribution in [-0.2, 0) is 0 Å². The van der Waals surface area contributed by atoms with E-state index in [-0.39, 0.29) is 11.3 Å². The number of nitro groups is 1. The highest BCUT2D eigenvalue weighted by Gasteiger charge is 2.08. The molecule has 1 aromatic rings. The summed E-state index contributed by atoms with van der Waals surface area (Å²) in [4.78, 5) is 20.1. The van der Waals surface area contributed by atoms with Crippen molar-refractivity contribution in [2.24, 2.45) is 0 Å². The van der Waals surface area contributed by atoms with Crippen molar-refractivity contribution in [3.63, 3.8) is 0 Å². The predicted molar refractivity (Wildman–Crippen MR) is 40.5 cm³/mol. The van der Waals surface area contributed by atoms with Crippen LogP contribution < -0.4 is 5.73 Å². The minimum absolute atomic E-state index is 0.0317. The molecule has 0 saturated heterocycles. The Labute approximate surface area is 68.0 Å². The molecular formula is C7H5N2O3. The topological polar surface area (TPSA) is 84.0 Å². The Kier molecular flexibility index (Phi) is 2.05. The normalized spacial score (nSPS) is 9.33. The molecule has 1 rings (SSSR count). The molecule has 0 unspecified atom stereocenters. The van der Waals surface area contributed by atoms with Gasteiger partial charge in [-0.2, -0.15) is 0 Å². The maximum Gasteiger partial charge on any atom is 0.270 e. The molecule has 0 aromatic heterocycles. The van der Waals surface area contributed by atoms with Crippen LogP contribution in [0.4, 0.5) is 5.69 Å². The van der Waals surface area contributed by atoms with Gasteiger partial charge in [-0.3, -0.25) is 20.6 Å². The van der Waals surface area contributed by atoms with Crippen molar-refractivity contribution < 1.29 is 9.72 Å². The van der Waals surface area contributed by atoms with Crippen molar-refractivity contribution in [3.8, 4) is 0 Å². The van der Waals surface area contributed by atoms with Gasteiger partial charge in [-0.15, -0.1) is 0 Å². The summed E-state index contributed by atoms with van der Waals surface area (Å²) in [5.74, 6) is -0.918. The zero-order valence-corrected chi connectivity index (χ0v) is 5.98. The van der Waals surface area contributed by atoms with Gasteiger partial charge in [-0.1, -0.05) is 6.07 Å². The van der Waals surface area contributed by atoms with Crippen LogP contribution in [0, 0.1) is 10.1 Å². The third-order valence-electron chi connectivity index (χ3n) is 1.32. The zero-order chi connectivity index (χ0) is 9.14. The highest BCUT2D eigenvalue weighted by Crippen LogP contribution is 2.12. The number of non-ortho nitro benzene ring substituents is 1. The molecule has 5 nitrogen and oxygen atoms in total. The van der Waals surface area contributed by atoms with Gasteiger partial charge in [-0.25, -0.2) is 0 Å². The number of nitrogens with zero attached hydrogens (tertiary/aromatic N) is 1. The summed E-state index contributed by atoms with van der Waals surface area (Å²) in [5, 5.41) is 10.2. The number of nitrogens with one attached hydrogen (secondary N) is 1. The number of rotatable bonds is 2. The van der Waals surface area contributed by atoms with E-state index in [9.17, 15) is 14.9 Å². The third kappa shape index (κ3) is 1.57. The Hall–Kier alpha value is -1.91. The molecule has 1 amide bonds. The van der Waals surface area contributed by atoms with E-state index in [0.29, 0.717) is 0 Å². The van der Waals surface area contributed by atoms with Crippen LogP contribution in [0.5, 0.6) is 0 Å². The van der Waals surface area contributed by atoms with Crippen LogP contribution in [0.25, 0.3) is 0 Å². The molecule has 0 aliphatic carbocycles. The molecular weight excluding hydrogens is 160 g/mol. The van der Waals surface area contributed by atoms with Crippen molar-refractivity contribution in [3.05, 3.63) is 39.9 Å². The minimum atomic E-state index is -0.918. The van der Waals surface area contributed by atoms with E-state index in [1.807, 2.05) is 0 Å². The van der Waals surface area contributed by atoms with Crippen molar-refractivity contribution in [1.82, 2.24) is 5.73 Å². The highest BCUT2D eigenvalue weighted by atomic mass is 16.6. The third-order valence-corrected chi connectivity index (χ3v) is 1.32. The van der Waals surface area contributed by atoms with E-state index < -0.39 is 10.8 Å². The fourth-order valence-electron chi connectivity index (χ4n) is 0.761. The first-order chi connectivity index (χ1) is 5.61. The number of hydrogen-bond acceptors (Lipinski definition) is 3. The molecule has 12 heavy (non-hydrogen) atoms. The molecule has 1 radical (unpaired) electrons. The van der Waals surface area contributed by atoms with E-state index in [0.717, 1.165) is 6.07 Å². The summed E-state index contributed by atoms with van der Waals surface area (Å²) >= 11 is 0. The van der Waals surface area contributed by atoms with E-state index in [2.05, 4.69) is 0 Å². The van der Waals surface area contributed by atoms with Crippen LogP contribution in [0.2, 0.25) is 0 Å². The predicted octanol–water partition coefficient (Wildman–Crippen LogP) is 1.02. The lowest BCUT2D eigenvalue weighted by Crippen LogP contribution is -1.99. The van der Waals surface area contributed by atoms with E-state index >= 15 is 0 Å². The van der Waals surface area contributed by atoms with E-state index in [1.165, 1.54) is 18.2 Å². The molecule has 0 fully saturated rings. The molecule has 0 heterocycles. The molecule has 5 heteroatoms. The lowest BCUT2D eigenvalue weighted by Gasteiger charge is -1.93. The fraction of sp³-hybridized carbons (Fsp3) is 0. The molecule has 61 valence electrons. The largest absolute Gasteiger partial charge is 0.270 e. The Bertz CT molecular complexity index is 306. The maximum atomic E-state index is 10.5. The molecule has 0 saturated carbocycles. The first-order valence-electron chi connectivity index (χ1n) is 3.11. The summed E-state index contributed by atoms with van der Waals surface area (Å²) < 4.78 is 0. The van der Waals surface area contributed by atoms with Crippen molar-refractivity contribution in [2.75, 3.05) is 0 Å². The second kappa shape index (κ2) is 3.00. The van der Waals surface area contributed by atoms with Gasteiger partial charge in [0.15, 0.2) is 0 Å². The monoisotopic (exact) mass is 165 g/mol. The highest BCUT2D eigenvalue weighted by molar-refractivity contribution is 5.92. The van der Waals surface area contributed by atoms with Gasteiger partial charge in [0.05, 0.1) is 4.92 Å². The first-order valence-corrected chi connectivity index (χ1v) is 3.11. The van der Waals surface area contributed by atoms with Gasteiger partial charge in [0.1, 0.15) is 0 Å². The summed E-state index contributed by atoms with van der Waals surface area (Å²) in [6.45, 7) is 0. The van der Waals surface area contributed by atoms with Gasteiger partial charge in [0, 0.05) is 17.7 Å². The second-order valence-corrected chi connectivity index (χ2v) is 2.14. The van der Waals surface area contributed by atoms with Gasteiger partial charge in [0.25, 0.3) is 11.6 Å². The SMILES string of the molecule is [NH]C(=O)c1cccc([N+](=O)[O-])c1. The second-order valence-electron chi connectivity index (χ2n) is 2.14. The summed E-state index contributed by atoms with van der Waals surface area (Å²) in [6.07, 6.45) is 0. The molecule has 1 aromatic carbocycles.